The molecule has 108 valence electrons. The highest BCUT2D eigenvalue weighted by Gasteiger charge is 2.20. The molecule has 0 radical (unpaired) electrons. The molecule has 1 aromatic rings. The predicted molar refractivity (Wildman–Crippen MR) is 84.4 cm³/mol. The van der Waals surface area contributed by atoms with Gasteiger partial charge in [0.25, 0.3) is 0 Å². The Hall–Kier alpha value is -0.520. The van der Waals surface area contributed by atoms with Crippen LogP contribution in [0, 0.1) is 6.92 Å². The zero-order chi connectivity index (χ0) is 14.5. The highest BCUT2D eigenvalue weighted by Crippen LogP contribution is 2.34. The zero-order valence-corrected chi connectivity index (χ0v) is 13.4. The third-order valence-electron chi connectivity index (χ3n) is 3.11. The Labute approximate surface area is 120 Å². The average molecular weight is 301 g/mol. The molecule has 0 saturated heterocycles. The summed E-state index contributed by atoms with van der Waals surface area (Å²) in [5.41, 5.74) is 8.63. The SMILES string of the molecule is CCC(N)C(SCCS(C)(=O)=O)c1ccccc1C. The Morgan fingerprint density at radius 3 is 2.47 bits per heavy atom. The first kappa shape index (κ1) is 16.5. The van der Waals surface area contributed by atoms with E-state index in [9.17, 15) is 8.42 Å². The van der Waals surface area contributed by atoms with Crippen molar-refractivity contribution in [2.24, 2.45) is 5.73 Å². The Morgan fingerprint density at radius 1 is 1.32 bits per heavy atom. The van der Waals surface area contributed by atoms with Crippen molar-refractivity contribution in [3.05, 3.63) is 35.4 Å². The van der Waals surface area contributed by atoms with Gasteiger partial charge in [-0.3, -0.25) is 0 Å². The van der Waals surface area contributed by atoms with E-state index in [-0.39, 0.29) is 17.0 Å². The van der Waals surface area contributed by atoms with Crippen molar-refractivity contribution in [2.75, 3.05) is 17.8 Å². The van der Waals surface area contributed by atoms with Crippen LogP contribution in [0.15, 0.2) is 24.3 Å². The van der Waals surface area contributed by atoms with Gasteiger partial charge in [-0.2, -0.15) is 11.8 Å². The standard InChI is InChI=1S/C14H23NO2S2/c1-4-13(15)14(18-9-10-19(3,16)17)12-8-6-5-7-11(12)2/h5-8,13-14H,4,9-10,15H2,1-3H3. The predicted octanol–water partition coefficient (Wildman–Crippen LogP) is 2.55. The molecule has 0 amide bonds. The first-order chi connectivity index (χ1) is 8.85. The monoisotopic (exact) mass is 301 g/mol. The normalized spacial score (nSPS) is 15.2. The molecule has 0 aliphatic heterocycles. The van der Waals surface area contributed by atoms with Crippen LogP contribution in [0.3, 0.4) is 0 Å². The number of hydrogen-bond acceptors (Lipinski definition) is 4. The van der Waals surface area contributed by atoms with E-state index in [0.29, 0.717) is 5.75 Å². The van der Waals surface area contributed by atoms with Gasteiger partial charge in [-0.1, -0.05) is 31.2 Å². The van der Waals surface area contributed by atoms with Gasteiger partial charge in [0, 0.05) is 23.3 Å². The summed E-state index contributed by atoms with van der Waals surface area (Å²) in [4.78, 5) is 0. The smallest absolute Gasteiger partial charge is 0.148 e. The van der Waals surface area contributed by atoms with E-state index < -0.39 is 9.84 Å². The van der Waals surface area contributed by atoms with E-state index in [1.807, 2.05) is 12.1 Å². The Kier molecular flexibility index (Phi) is 6.36. The van der Waals surface area contributed by atoms with Crippen molar-refractivity contribution in [3.63, 3.8) is 0 Å². The molecule has 2 unspecified atom stereocenters. The number of nitrogens with two attached hydrogens (primary N) is 1. The molecule has 0 saturated carbocycles. The molecule has 0 aromatic heterocycles. The number of sulfone groups is 1. The summed E-state index contributed by atoms with van der Waals surface area (Å²) in [5, 5.41) is 0.160. The number of hydrogen-bond donors (Lipinski definition) is 1. The molecule has 19 heavy (non-hydrogen) atoms. The molecular weight excluding hydrogens is 278 g/mol. The molecule has 0 bridgehead atoms. The van der Waals surface area contributed by atoms with Crippen molar-refractivity contribution < 1.29 is 8.42 Å². The second-order valence-electron chi connectivity index (χ2n) is 4.85. The lowest BCUT2D eigenvalue weighted by Crippen LogP contribution is -2.27. The van der Waals surface area contributed by atoms with Crippen LogP contribution < -0.4 is 5.73 Å². The largest absolute Gasteiger partial charge is 0.326 e. The van der Waals surface area contributed by atoms with Gasteiger partial charge < -0.3 is 5.73 Å². The molecule has 0 fully saturated rings. The summed E-state index contributed by atoms with van der Waals surface area (Å²) >= 11 is 1.64. The Bertz CT molecular complexity index is 500. The summed E-state index contributed by atoms with van der Waals surface area (Å²) in [6, 6.07) is 8.22. The van der Waals surface area contributed by atoms with Gasteiger partial charge >= 0.3 is 0 Å². The lowest BCUT2D eigenvalue weighted by Gasteiger charge is -2.24. The average Bonchev–Trinajstić information content (AvgIpc) is 2.34. The first-order valence-corrected chi connectivity index (χ1v) is 9.56. The number of benzene rings is 1. The van der Waals surface area contributed by atoms with Crippen molar-refractivity contribution in [3.8, 4) is 0 Å². The van der Waals surface area contributed by atoms with Crippen molar-refractivity contribution in [2.45, 2.75) is 31.6 Å². The molecular formula is C14H23NO2S2. The molecule has 1 rings (SSSR count). The minimum absolute atomic E-state index is 0.0469. The third kappa shape index (κ3) is 5.55. The summed E-state index contributed by atoms with van der Waals surface area (Å²) in [7, 11) is -2.91. The molecule has 0 heterocycles. The van der Waals surface area contributed by atoms with Crippen LogP contribution in [0.25, 0.3) is 0 Å². The van der Waals surface area contributed by atoms with Crippen LogP contribution in [0.5, 0.6) is 0 Å². The molecule has 0 aliphatic rings. The highest BCUT2D eigenvalue weighted by molar-refractivity contribution is 8.00. The Balaban J connectivity index is 2.82. The maximum absolute atomic E-state index is 11.2. The Morgan fingerprint density at radius 2 is 1.95 bits per heavy atom. The van der Waals surface area contributed by atoms with Crippen LogP contribution >= 0.6 is 11.8 Å². The van der Waals surface area contributed by atoms with E-state index in [1.54, 1.807) is 11.8 Å². The summed E-state index contributed by atoms with van der Waals surface area (Å²) in [6.07, 6.45) is 2.15. The van der Waals surface area contributed by atoms with Gasteiger partial charge in [0.2, 0.25) is 0 Å². The van der Waals surface area contributed by atoms with Gasteiger partial charge in [-0.05, 0) is 24.5 Å². The lowest BCUT2D eigenvalue weighted by molar-refractivity contribution is 0.603. The van der Waals surface area contributed by atoms with Gasteiger partial charge in [-0.15, -0.1) is 0 Å². The molecule has 2 atom stereocenters. The molecule has 0 aliphatic carbocycles. The third-order valence-corrected chi connectivity index (χ3v) is 5.71. The van der Waals surface area contributed by atoms with Crippen molar-refractivity contribution >= 4 is 21.6 Å². The van der Waals surface area contributed by atoms with Crippen LogP contribution in [0.2, 0.25) is 0 Å². The van der Waals surface area contributed by atoms with Crippen LogP contribution in [-0.2, 0) is 9.84 Å². The van der Waals surface area contributed by atoms with E-state index in [4.69, 9.17) is 5.73 Å². The molecule has 3 nitrogen and oxygen atoms in total. The van der Waals surface area contributed by atoms with Crippen molar-refractivity contribution in [1.82, 2.24) is 0 Å². The topological polar surface area (TPSA) is 60.2 Å². The van der Waals surface area contributed by atoms with Gasteiger partial charge in [-0.25, -0.2) is 8.42 Å². The van der Waals surface area contributed by atoms with Gasteiger partial charge in [0.05, 0.1) is 5.75 Å². The maximum Gasteiger partial charge on any atom is 0.148 e. The van der Waals surface area contributed by atoms with Crippen molar-refractivity contribution in [1.29, 1.82) is 0 Å². The van der Waals surface area contributed by atoms with Gasteiger partial charge in [0.15, 0.2) is 0 Å². The fourth-order valence-corrected chi connectivity index (χ4v) is 4.62. The molecule has 1 aromatic carbocycles. The zero-order valence-electron chi connectivity index (χ0n) is 11.8. The fraction of sp³-hybridized carbons (Fsp3) is 0.571. The summed E-state index contributed by atoms with van der Waals surface area (Å²) in [5.74, 6) is 0.794. The minimum Gasteiger partial charge on any atom is -0.326 e. The molecule has 0 spiro atoms. The highest BCUT2D eigenvalue weighted by atomic mass is 32.2. The van der Waals surface area contributed by atoms with Crippen LogP contribution in [0.1, 0.15) is 29.7 Å². The maximum atomic E-state index is 11.2. The van der Waals surface area contributed by atoms with Crippen LogP contribution in [-0.4, -0.2) is 32.2 Å². The molecule has 5 heteroatoms. The fourth-order valence-electron chi connectivity index (χ4n) is 1.89. The quantitative estimate of drug-likeness (QED) is 0.841. The summed E-state index contributed by atoms with van der Waals surface area (Å²) in [6.45, 7) is 4.13. The number of rotatable bonds is 7. The van der Waals surface area contributed by atoms with Crippen LogP contribution in [0.4, 0.5) is 0 Å². The number of thioether (sulfide) groups is 1. The second-order valence-corrected chi connectivity index (χ2v) is 8.36. The van der Waals surface area contributed by atoms with E-state index in [1.165, 1.54) is 17.4 Å². The number of aryl methyl sites for hydroxylation is 1. The second kappa shape index (κ2) is 7.31. The lowest BCUT2D eigenvalue weighted by atomic mass is 10.00. The van der Waals surface area contributed by atoms with Gasteiger partial charge in [0.1, 0.15) is 9.84 Å². The minimum atomic E-state index is -2.91. The molecule has 2 N–H and O–H groups in total. The van der Waals surface area contributed by atoms with E-state index in [2.05, 4.69) is 26.0 Å². The van der Waals surface area contributed by atoms with E-state index >= 15 is 0 Å². The summed E-state index contributed by atoms with van der Waals surface area (Å²) < 4.78 is 22.4. The van der Waals surface area contributed by atoms with E-state index in [0.717, 1.165) is 6.42 Å². The first-order valence-electron chi connectivity index (χ1n) is 6.45.